The number of rotatable bonds is 4. The molecule has 0 aromatic rings. The second-order valence-corrected chi connectivity index (χ2v) is 3.48. The first kappa shape index (κ1) is 13.1. The molecule has 1 aliphatic heterocycles. The van der Waals surface area contributed by atoms with Crippen molar-refractivity contribution >= 4 is 23.7 Å². The Morgan fingerprint density at radius 2 is 1.94 bits per heavy atom. The number of morpholine rings is 1. The summed E-state index contributed by atoms with van der Waals surface area (Å²) in [5.74, 6) is -3.09. The minimum atomic E-state index is -1.31. The van der Waals surface area contributed by atoms with E-state index in [1.54, 1.807) is 0 Å². The van der Waals surface area contributed by atoms with E-state index in [4.69, 9.17) is 5.11 Å². The average molecular weight is 244 g/mol. The molecular formula is C9H12N2O6. The molecule has 2 N–H and O–H groups in total. The van der Waals surface area contributed by atoms with Gasteiger partial charge in [-0.15, -0.1) is 0 Å². The summed E-state index contributed by atoms with van der Waals surface area (Å²) in [4.78, 5) is 45.0. The van der Waals surface area contributed by atoms with Crippen LogP contribution in [0.1, 0.15) is 6.92 Å². The van der Waals surface area contributed by atoms with E-state index in [2.05, 4.69) is 10.1 Å². The number of imide groups is 1. The zero-order valence-corrected chi connectivity index (χ0v) is 9.13. The van der Waals surface area contributed by atoms with Gasteiger partial charge in [0.25, 0.3) is 11.8 Å². The lowest BCUT2D eigenvalue weighted by atomic mass is 10.2. The third-order valence-electron chi connectivity index (χ3n) is 2.09. The fourth-order valence-electron chi connectivity index (χ4n) is 1.34. The van der Waals surface area contributed by atoms with Crippen molar-refractivity contribution in [1.82, 2.24) is 10.2 Å². The zero-order chi connectivity index (χ0) is 13.0. The maximum atomic E-state index is 11.3. The van der Waals surface area contributed by atoms with Crippen molar-refractivity contribution in [1.29, 1.82) is 0 Å². The molecule has 0 spiro atoms. The summed E-state index contributed by atoms with van der Waals surface area (Å²) in [7, 11) is 0. The molecule has 17 heavy (non-hydrogen) atoms. The molecule has 1 rings (SSSR count). The molecule has 8 nitrogen and oxygen atoms in total. The van der Waals surface area contributed by atoms with E-state index in [-0.39, 0.29) is 13.2 Å². The van der Waals surface area contributed by atoms with E-state index >= 15 is 0 Å². The summed E-state index contributed by atoms with van der Waals surface area (Å²) in [6.07, 6.45) is 0. The number of nitrogens with zero attached hydrogens (tertiary/aromatic N) is 1. The predicted octanol–water partition coefficient (Wildman–Crippen LogP) is -2.04. The van der Waals surface area contributed by atoms with Gasteiger partial charge in [0.2, 0.25) is 5.91 Å². The van der Waals surface area contributed by atoms with Gasteiger partial charge in [0.1, 0.15) is 19.3 Å². The Hall–Kier alpha value is -1.96. The number of carbonyl (C=O) groups is 4. The third-order valence-corrected chi connectivity index (χ3v) is 2.09. The minimum Gasteiger partial charge on any atom is -0.480 e. The number of ether oxygens (including phenoxy) is 1. The Morgan fingerprint density at radius 3 is 2.35 bits per heavy atom. The molecular weight excluding hydrogens is 232 g/mol. The molecule has 0 radical (unpaired) electrons. The fraction of sp³-hybridized carbons (Fsp3) is 0.556. The SMILES string of the molecule is CC(=O)NC(CN1C(=O)COCC1=O)C(=O)O. The van der Waals surface area contributed by atoms with E-state index in [1.165, 1.54) is 0 Å². The Bertz CT molecular complexity index is 350. The van der Waals surface area contributed by atoms with Crippen molar-refractivity contribution in [2.45, 2.75) is 13.0 Å². The summed E-state index contributed by atoms with van der Waals surface area (Å²) in [6, 6.07) is -1.31. The number of carbonyl (C=O) groups excluding carboxylic acids is 3. The predicted molar refractivity (Wildman–Crippen MR) is 52.8 cm³/mol. The number of amides is 3. The smallest absolute Gasteiger partial charge is 0.328 e. The van der Waals surface area contributed by atoms with Gasteiger partial charge in [0.15, 0.2) is 0 Å². The number of hydrogen-bond donors (Lipinski definition) is 2. The highest BCUT2D eigenvalue weighted by Crippen LogP contribution is 2.02. The number of carboxylic acid groups (broad SMARTS) is 1. The summed E-state index contributed by atoms with van der Waals surface area (Å²) >= 11 is 0. The summed E-state index contributed by atoms with van der Waals surface area (Å²) < 4.78 is 4.67. The number of hydrogen-bond acceptors (Lipinski definition) is 5. The van der Waals surface area contributed by atoms with Gasteiger partial charge in [-0.3, -0.25) is 19.3 Å². The topological polar surface area (TPSA) is 113 Å². The monoisotopic (exact) mass is 244 g/mol. The van der Waals surface area contributed by atoms with Crippen molar-refractivity contribution < 1.29 is 29.0 Å². The second kappa shape index (κ2) is 5.39. The van der Waals surface area contributed by atoms with Gasteiger partial charge >= 0.3 is 5.97 Å². The molecule has 1 aliphatic rings. The van der Waals surface area contributed by atoms with E-state index < -0.39 is 36.3 Å². The molecule has 0 aliphatic carbocycles. The number of nitrogens with one attached hydrogen (secondary N) is 1. The number of aliphatic carboxylic acids is 1. The van der Waals surface area contributed by atoms with Gasteiger partial charge in [-0.05, 0) is 0 Å². The molecule has 1 unspecified atom stereocenters. The Kier molecular flexibility index (Phi) is 4.16. The normalized spacial score (nSPS) is 17.8. The van der Waals surface area contributed by atoms with Crippen LogP contribution in [0, 0.1) is 0 Å². The van der Waals surface area contributed by atoms with E-state index in [9.17, 15) is 19.2 Å². The van der Waals surface area contributed by atoms with Gasteiger partial charge in [-0.1, -0.05) is 0 Å². The zero-order valence-electron chi connectivity index (χ0n) is 9.13. The maximum absolute atomic E-state index is 11.3. The van der Waals surface area contributed by atoms with Crippen LogP contribution in [-0.2, 0) is 23.9 Å². The fourth-order valence-corrected chi connectivity index (χ4v) is 1.34. The van der Waals surface area contributed by atoms with Crippen molar-refractivity contribution in [3.8, 4) is 0 Å². The minimum absolute atomic E-state index is 0.266. The molecule has 3 amide bonds. The lowest BCUT2D eigenvalue weighted by Gasteiger charge is -2.27. The molecule has 0 aromatic carbocycles. The van der Waals surface area contributed by atoms with Crippen molar-refractivity contribution in [2.75, 3.05) is 19.8 Å². The lowest BCUT2D eigenvalue weighted by Crippen LogP contribution is -2.54. The quantitative estimate of drug-likeness (QED) is 0.551. The van der Waals surface area contributed by atoms with Crippen LogP contribution in [0.25, 0.3) is 0 Å². The Labute approximate surface area is 96.5 Å². The second-order valence-electron chi connectivity index (χ2n) is 3.48. The van der Waals surface area contributed by atoms with Gasteiger partial charge in [0.05, 0.1) is 6.54 Å². The molecule has 1 heterocycles. The van der Waals surface area contributed by atoms with Gasteiger partial charge in [-0.2, -0.15) is 0 Å². The Morgan fingerprint density at radius 1 is 1.41 bits per heavy atom. The first-order valence-corrected chi connectivity index (χ1v) is 4.82. The van der Waals surface area contributed by atoms with E-state index in [0.29, 0.717) is 0 Å². The third kappa shape index (κ3) is 3.52. The maximum Gasteiger partial charge on any atom is 0.328 e. The molecule has 1 atom stereocenters. The highest BCUT2D eigenvalue weighted by Gasteiger charge is 2.31. The lowest BCUT2D eigenvalue weighted by molar-refractivity contribution is -0.160. The van der Waals surface area contributed by atoms with Crippen LogP contribution >= 0.6 is 0 Å². The standard InChI is InChI=1S/C9H12N2O6/c1-5(12)10-6(9(15)16)2-11-7(13)3-17-4-8(11)14/h6H,2-4H2,1H3,(H,10,12)(H,15,16). The molecule has 8 heteroatoms. The average Bonchev–Trinajstić information content (AvgIpc) is 2.21. The first-order valence-electron chi connectivity index (χ1n) is 4.82. The molecule has 1 saturated heterocycles. The van der Waals surface area contributed by atoms with Crippen molar-refractivity contribution in [3.05, 3.63) is 0 Å². The van der Waals surface area contributed by atoms with Crippen LogP contribution in [0.5, 0.6) is 0 Å². The van der Waals surface area contributed by atoms with Crippen LogP contribution in [-0.4, -0.2) is 59.5 Å². The summed E-state index contributed by atoms with van der Waals surface area (Å²) in [5, 5.41) is 11.0. The summed E-state index contributed by atoms with van der Waals surface area (Å²) in [5.41, 5.74) is 0. The molecule has 0 saturated carbocycles. The summed E-state index contributed by atoms with van der Waals surface area (Å²) in [6.45, 7) is 0.227. The van der Waals surface area contributed by atoms with Crippen LogP contribution in [0.15, 0.2) is 0 Å². The Balaban J connectivity index is 2.71. The van der Waals surface area contributed by atoms with Crippen LogP contribution in [0.3, 0.4) is 0 Å². The first-order chi connectivity index (χ1) is 7.91. The number of carboxylic acids is 1. The van der Waals surface area contributed by atoms with Crippen LogP contribution in [0.2, 0.25) is 0 Å². The van der Waals surface area contributed by atoms with Gasteiger partial charge in [-0.25, -0.2) is 4.79 Å². The highest BCUT2D eigenvalue weighted by molar-refractivity contribution is 5.99. The molecule has 94 valence electrons. The van der Waals surface area contributed by atoms with Gasteiger partial charge < -0.3 is 15.2 Å². The van der Waals surface area contributed by atoms with Gasteiger partial charge in [0, 0.05) is 6.92 Å². The molecule has 1 fully saturated rings. The van der Waals surface area contributed by atoms with Crippen molar-refractivity contribution in [3.63, 3.8) is 0 Å². The van der Waals surface area contributed by atoms with E-state index in [0.717, 1.165) is 11.8 Å². The molecule has 0 aromatic heterocycles. The van der Waals surface area contributed by atoms with Crippen LogP contribution < -0.4 is 5.32 Å². The van der Waals surface area contributed by atoms with E-state index in [1.807, 2.05) is 0 Å². The molecule has 0 bridgehead atoms. The largest absolute Gasteiger partial charge is 0.480 e. The highest BCUT2D eigenvalue weighted by atomic mass is 16.5. The van der Waals surface area contributed by atoms with Crippen LogP contribution in [0.4, 0.5) is 0 Å². The van der Waals surface area contributed by atoms with Crippen molar-refractivity contribution in [2.24, 2.45) is 0 Å².